The minimum atomic E-state index is -0.845. The summed E-state index contributed by atoms with van der Waals surface area (Å²) in [5, 5.41) is 2.82. The van der Waals surface area contributed by atoms with Gasteiger partial charge in [0.2, 0.25) is 0 Å². The molecule has 24 heavy (non-hydrogen) atoms. The van der Waals surface area contributed by atoms with Gasteiger partial charge in [0.05, 0.1) is 0 Å². The van der Waals surface area contributed by atoms with Crippen molar-refractivity contribution in [3.63, 3.8) is 0 Å². The standard InChI is InChI=1S/C19H19NO4/c1-13(18(21)20-14-11-12-14)23-19(22)16-9-5-6-10-17(16)24-15-7-3-2-4-8-15/h2-10,13-14H,11-12H2,1H3,(H,20,21)/t13-/m0/s1. The lowest BCUT2D eigenvalue weighted by molar-refractivity contribution is -0.129. The highest BCUT2D eigenvalue weighted by atomic mass is 16.5. The van der Waals surface area contributed by atoms with Gasteiger partial charge >= 0.3 is 5.97 Å². The lowest BCUT2D eigenvalue weighted by Gasteiger charge is -2.15. The molecular formula is C19H19NO4. The summed E-state index contributed by atoms with van der Waals surface area (Å²) in [6, 6.07) is 16.2. The van der Waals surface area contributed by atoms with Gasteiger partial charge in [-0.2, -0.15) is 0 Å². The second-order valence-electron chi connectivity index (χ2n) is 5.74. The van der Waals surface area contributed by atoms with Crippen molar-refractivity contribution in [2.24, 2.45) is 0 Å². The second-order valence-corrected chi connectivity index (χ2v) is 5.74. The van der Waals surface area contributed by atoms with Gasteiger partial charge in [-0.25, -0.2) is 4.79 Å². The maximum atomic E-state index is 12.4. The third-order valence-electron chi connectivity index (χ3n) is 3.65. The van der Waals surface area contributed by atoms with Crippen LogP contribution < -0.4 is 10.1 Å². The number of ether oxygens (including phenoxy) is 2. The summed E-state index contributed by atoms with van der Waals surface area (Å²) in [6.45, 7) is 1.57. The van der Waals surface area contributed by atoms with Crippen LogP contribution in [0.5, 0.6) is 11.5 Å². The fraction of sp³-hybridized carbons (Fsp3) is 0.263. The van der Waals surface area contributed by atoms with E-state index in [0.29, 0.717) is 11.5 Å². The highest BCUT2D eigenvalue weighted by Crippen LogP contribution is 2.26. The fourth-order valence-electron chi connectivity index (χ4n) is 2.16. The van der Waals surface area contributed by atoms with E-state index in [9.17, 15) is 9.59 Å². The van der Waals surface area contributed by atoms with E-state index in [0.717, 1.165) is 12.8 Å². The first-order chi connectivity index (χ1) is 11.6. The van der Waals surface area contributed by atoms with Crippen LogP contribution in [0.3, 0.4) is 0 Å². The van der Waals surface area contributed by atoms with Crippen LogP contribution in [0.4, 0.5) is 0 Å². The van der Waals surface area contributed by atoms with Crippen molar-refractivity contribution in [1.29, 1.82) is 0 Å². The van der Waals surface area contributed by atoms with Crippen molar-refractivity contribution in [2.45, 2.75) is 31.9 Å². The molecule has 5 heteroatoms. The SMILES string of the molecule is C[C@H](OC(=O)c1ccccc1Oc1ccccc1)C(=O)NC1CC1. The second kappa shape index (κ2) is 7.17. The molecule has 1 aliphatic carbocycles. The molecule has 5 nitrogen and oxygen atoms in total. The molecule has 0 saturated heterocycles. The molecule has 1 N–H and O–H groups in total. The first-order valence-electron chi connectivity index (χ1n) is 7.97. The van der Waals surface area contributed by atoms with E-state index in [1.807, 2.05) is 18.2 Å². The summed E-state index contributed by atoms with van der Waals surface area (Å²) < 4.78 is 11.0. The number of rotatable bonds is 6. The van der Waals surface area contributed by atoms with E-state index in [1.165, 1.54) is 0 Å². The molecule has 0 aliphatic heterocycles. The lowest BCUT2D eigenvalue weighted by atomic mass is 10.2. The summed E-state index contributed by atoms with van der Waals surface area (Å²) in [5.74, 6) is 0.160. The van der Waals surface area contributed by atoms with Crippen molar-refractivity contribution in [3.05, 3.63) is 60.2 Å². The monoisotopic (exact) mass is 325 g/mol. The molecule has 1 amide bonds. The van der Waals surface area contributed by atoms with E-state index in [-0.39, 0.29) is 17.5 Å². The highest BCUT2D eigenvalue weighted by molar-refractivity contribution is 5.94. The van der Waals surface area contributed by atoms with Crippen LogP contribution in [0.1, 0.15) is 30.1 Å². The van der Waals surface area contributed by atoms with Gasteiger partial charge in [0.1, 0.15) is 17.1 Å². The molecule has 0 radical (unpaired) electrons. The average molecular weight is 325 g/mol. The molecule has 1 fully saturated rings. The summed E-state index contributed by atoms with van der Waals surface area (Å²) >= 11 is 0. The quantitative estimate of drug-likeness (QED) is 0.828. The Morgan fingerprint density at radius 1 is 1.04 bits per heavy atom. The minimum absolute atomic E-state index is 0.229. The van der Waals surface area contributed by atoms with E-state index in [1.54, 1.807) is 43.3 Å². The van der Waals surface area contributed by atoms with E-state index in [2.05, 4.69) is 5.32 Å². The van der Waals surface area contributed by atoms with Gasteiger partial charge in [0, 0.05) is 6.04 Å². The maximum absolute atomic E-state index is 12.4. The highest BCUT2D eigenvalue weighted by Gasteiger charge is 2.28. The van der Waals surface area contributed by atoms with Crippen molar-refractivity contribution in [1.82, 2.24) is 5.32 Å². The molecule has 2 aromatic carbocycles. The molecule has 0 heterocycles. The van der Waals surface area contributed by atoms with Crippen LogP contribution in [0.2, 0.25) is 0 Å². The summed E-state index contributed by atoms with van der Waals surface area (Å²) in [4.78, 5) is 24.3. The van der Waals surface area contributed by atoms with E-state index in [4.69, 9.17) is 9.47 Å². The first-order valence-corrected chi connectivity index (χ1v) is 7.97. The zero-order valence-corrected chi connectivity index (χ0v) is 13.4. The molecular weight excluding hydrogens is 306 g/mol. The minimum Gasteiger partial charge on any atom is -0.456 e. The van der Waals surface area contributed by atoms with Crippen LogP contribution in [0.25, 0.3) is 0 Å². The molecule has 0 bridgehead atoms. The van der Waals surface area contributed by atoms with Crippen molar-refractivity contribution in [3.8, 4) is 11.5 Å². The number of hydrogen-bond acceptors (Lipinski definition) is 4. The molecule has 1 atom stereocenters. The Bertz CT molecular complexity index is 725. The van der Waals surface area contributed by atoms with Gasteiger partial charge in [0.15, 0.2) is 6.10 Å². The summed E-state index contributed by atoms with van der Waals surface area (Å²) in [7, 11) is 0. The van der Waals surface area contributed by atoms with Crippen LogP contribution >= 0.6 is 0 Å². The normalized spacial score (nSPS) is 14.5. The average Bonchev–Trinajstić information content (AvgIpc) is 3.40. The Labute approximate surface area is 140 Å². The largest absolute Gasteiger partial charge is 0.456 e. The van der Waals surface area contributed by atoms with E-state index >= 15 is 0 Å². The summed E-state index contributed by atoms with van der Waals surface area (Å²) in [5.41, 5.74) is 0.285. The number of carbonyl (C=O) groups is 2. The number of benzene rings is 2. The molecule has 124 valence electrons. The zero-order chi connectivity index (χ0) is 16.9. The van der Waals surface area contributed by atoms with Crippen LogP contribution in [0, 0.1) is 0 Å². The predicted molar refractivity (Wildman–Crippen MR) is 89.0 cm³/mol. The zero-order valence-electron chi connectivity index (χ0n) is 13.4. The number of esters is 1. The number of para-hydroxylation sites is 2. The third-order valence-corrected chi connectivity index (χ3v) is 3.65. The van der Waals surface area contributed by atoms with Crippen LogP contribution in [0.15, 0.2) is 54.6 Å². The molecule has 2 aromatic rings. The Kier molecular flexibility index (Phi) is 4.79. The lowest BCUT2D eigenvalue weighted by Crippen LogP contribution is -2.37. The van der Waals surface area contributed by atoms with Crippen molar-refractivity contribution < 1.29 is 19.1 Å². The Hall–Kier alpha value is -2.82. The first kappa shape index (κ1) is 16.1. The maximum Gasteiger partial charge on any atom is 0.342 e. The number of amides is 1. The van der Waals surface area contributed by atoms with Crippen LogP contribution in [-0.4, -0.2) is 24.0 Å². The van der Waals surface area contributed by atoms with E-state index < -0.39 is 12.1 Å². The number of nitrogens with one attached hydrogen (secondary N) is 1. The Morgan fingerprint density at radius 3 is 2.42 bits per heavy atom. The molecule has 0 spiro atoms. The number of carbonyl (C=O) groups excluding carboxylic acids is 2. The molecule has 0 aromatic heterocycles. The fourth-order valence-corrected chi connectivity index (χ4v) is 2.16. The van der Waals surface area contributed by atoms with Crippen LogP contribution in [-0.2, 0) is 9.53 Å². The van der Waals surface area contributed by atoms with Gasteiger partial charge in [-0.3, -0.25) is 4.79 Å². The molecule has 1 saturated carbocycles. The molecule has 3 rings (SSSR count). The Morgan fingerprint density at radius 2 is 1.71 bits per heavy atom. The summed E-state index contributed by atoms with van der Waals surface area (Å²) in [6.07, 6.45) is 1.13. The smallest absolute Gasteiger partial charge is 0.342 e. The Balaban J connectivity index is 1.69. The third kappa shape index (κ3) is 4.13. The van der Waals surface area contributed by atoms with Gasteiger partial charge in [0.25, 0.3) is 5.91 Å². The van der Waals surface area contributed by atoms with Crippen molar-refractivity contribution in [2.75, 3.05) is 0 Å². The van der Waals surface area contributed by atoms with Gasteiger partial charge in [-0.1, -0.05) is 30.3 Å². The van der Waals surface area contributed by atoms with Crippen molar-refractivity contribution >= 4 is 11.9 Å². The van der Waals surface area contributed by atoms with Gasteiger partial charge in [-0.15, -0.1) is 0 Å². The van der Waals surface area contributed by atoms with Gasteiger partial charge < -0.3 is 14.8 Å². The predicted octanol–water partition coefficient (Wildman–Crippen LogP) is 3.30. The van der Waals surface area contributed by atoms with Gasteiger partial charge in [-0.05, 0) is 44.0 Å². The molecule has 1 aliphatic rings. The topological polar surface area (TPSA) is 64.6 Å². The number of hydrogen-bond donors (Lipinski definition) is 1. The molecule has 0 unspecified atom stereocenters.